The van der Waals surface area contributed by atoms with Crippen molar-refractivity contribution in [1.29, 1.82) is 0 Å². The molecule has 0 spiro atoms. The molecule has 0 aliphatic carbocycles. The number of rotatable bonds is 8. The van der Waals surface area contributed by atoms with E-state index in [4.69, 9.17) is 19.4 Å². The summed E-state index contributed by atoms with van der Waals surface area (Å²) >= 11 is 0. The molecule has 0 bridgehead atoms. The molecule has 66 heavy (non-hydrogen) atoms. The molecule has 335 valence electrons. The number of hydrogen-bond donors (Lipinski definition) is 0. The Morgan fingerprint density at radius 2 is 1.33 bits per heavy atom. The van der Waals surface area contributed by atoms with Crippen molar-refractivity contribution in [3.05, 3.63) is 175 Å². The van der Waals surface area contributed by atoms with Gasteiger partial charge in [-0.25, -0.2) is 4.98 Å². The Morgan fingerprint density at radius 3 is 2.00 bits per heavy atom. The maximum atomic E-state index is 6.54. The van der Waals surface area contributed by atoms with Gasteiger partial charge in [-0.1, -0.05) is 163 Å². The Morgan fingerprint density at radius 1 is 0.667 bits per heavy atom. The van der Waals surface area contributed by atoms with Gasteiger partial charge in [0.1, 0.15) is 5.58 Å². The first-order valence-electron chi connectivity index (χ1n) is 22.9. The Bertz CT molecular complexity index is 3290. The number of imidazole rings is 1. The fourth-order valence-corrected chi connectivity index (χ4v) is 10.7. The molecule has 0 saturated heterocycles. The maximum absolute atomic E-state index is 6.54. The van der Waals surface area contributed by atoms with Gasteiger partial charge in [0.2, 0.25) is 0 Å². The van der Waals surface area contributed by atoms with E-state index in [-0.39, 0.29) is 37.4 Å². The number of furan rings is 1. The van der Waals surface area contributed by atoms with Crippen molar-refractivity contribution in [2.45, 2.75) is 86.4 Å². The van der Waals surface area contributed by atoms with Crippen LogP contribution in [0, 0.1) is 17.5 Å². The minimum Gasteiger partial charge on any atom is -0.501 e. The van der Waals surface area contributed by atoms with Crippen LogP contribution in [0.2, 0.25) is 19.6 Å². The summed E-state index contributed by atoms with van der Waals surface area (Å²) in [5, 5.41) is 5.82. The molecule has 4 aromatic heterocycles. The summed E-state index contributed by atoms with van der Waals surface area (Å²) in [6.07, 6.45) is 5.13. The van der Waals surface area contributed by atoms with E-state index in [1.807, 2.05) is 42.6 Å². The summed E-state index contributed by atoms with van der Waals surface area (Å²) in [4.78, 5) is 14.9. The third-order valence-electron chi connectivity index (χ3n) is 12.2. The second kappa shape index (κ2) is 18.7. The predicted molar refractivity (Wildman–Crippen MR) is 276 cm³/mol. The second-order valence-electron chi connectivity index (χ2n) is 20.2. The van der Waals surface area contributed by atoms with E-state index < -0.39 is 8.07 Å². The van der Waals surface area contributed by atoms with Crippen molar-refractivity contribution < 1.29 is 24.5 Å². The van der Waals surface area contributed by atoms with Crippen molar-refractivity contribution in [3.8, 4) is 39.5 Å². The third kappa shape index (κ3) is 9.22. The quantitative estimate of drug-likeness (QED) is 0.112. The zero-order valence-electron chi connectivity index (χ0n) is 39.7. The molecular weight excluding hydrogens is 1000 g/mol. The van der Waals surface area contributed by atoms with Gasteiger partial charge in [0.25, 0.3) is 0 Å². The standard InChI is InChI=1S/C40H32N3O.C19H26NSi.Ir/c1-24(2)33-21-28(26-13-6-5-7-14-26)22-34(25(3)4)36(33)43-37-29-16-9-8-15-27(29)23-41-39(37)42-40(43)32-19-12-18-31-30-17-10-11-20-35(30)44-38(31)32;1-19(2,3)13-16-12-17(15-10-8-7-9-11-15)20-14-18(16)21(4,5)6;/h5-18,20-25H,1-4H3;7-10,12,14H,13H2,1-6H3;/q2*-1;. The van der Waals surface area contributed by atoms with Gasteiger partial charge in [0, 0.05) is 54.3 Å². The van der Waals surface area contributed by atoms with Crippen molar-refractivity contribution >= 4 is 57.1 Å². The topological polar surface area (TPSA) is 56.7 Å². The molecule has 10 aromatic rings. The van der Waals surface area contributed by atoms with Gasteiger partial charge >= 0.3 is 0 Å². The number of pyridine rings is 2. The summed E-state index contributed by atoms with van der Waals surface area (Å²) in [5.74, 6) is 1.29. The van der Waals surface area contributed by atoms with Crippen molar-refractivity contribution in [3.63, 3.8) is 0 Å². The number of aromatic nitrogens is 4. The Labute approximate surface area is 404 Å². The monoisotopic (exact) mass is 1060 g/mol. The number of para-hydroxylation sites is 1. The minimum absolute atomic E-state index is 0. The second-order valence-corrected chi connectivity index (χ2v) is 25.2. The van der Waals surface area contributed by atoms with Crippen LogP contribution in [-0.4, -0.2) is 27.6 Å². The Balaban J connectivity index is 0.000000228. The van der Waals surface area contributed by atoms with Crippen LogP contribution >= 0.6 is 0 Å². The molecule has 0 atom stereocenters. The van der Waals surface area contributed by atoms with E-state index in [1.54, 1.807) is 0 Å². The van der Waals surface area contributed by atoms with Crippen LogP contribution in [0.15, 0.2) is 150 Å². The predicted octanol–water partition coefficient (Wildman–Crippen LogP) is 15.5. The largest absolute Gasteiger partial charge is 0.501 e. The van der Waals surface area contributed by atoms with Gasteiger partial charge < -0.3 is 14.0 Å². The molecule has 6 aromatic carbocycles. The fraction of sp³-hybridized carbons (Fsp3) is 0.237. The molecule has 0 amide bonds. The van der Waals surface area contributed by atoms with Crippen molar-refractivity contribution in [1.82, 2.24) is 19.5 Å². The minimum atomic E-state index is -1.37. The van der Waals surface area contributed by atoms with Gasteiger partial charge in [-0.15, -0.1) is 54.1 Å². The van der Waals surface area contributed by atoms with Gasteiger partial charge in [-0.05, 0) is 75.0 Å². The molecule has 0 saturated carbocycles. The van der Waals surface area contributed by atoms with E-state index in [9.17, 15) is 0 Å². The molecule has 4 heterocycles. The number of hydrogen-bond acceptors (Lipinski definition) is 4. The number of benzene rings is 6. The fourth-order valence-electron chi connectivity index (χ4n) is 9.14. The zero-order chi connectivity index (χ0) is 45.6. The summed E-state index contributed by atoms with van der Waals surface area (Å²) in [6, 6.07) is 53.3. The average Bonchev–Trinajstić information content (AvgIpc) is 3.88. The molecule has 1 radical (unpaired) electrons. The molecule has 10 rings (SSSR count). The zero-order valence-corrected chi connectivity index (χ0v) is 43.1. The number of fused-ring (bicyclic) bond motifs is 6. The maximum Gasteiger partial charge on any atom is 0.169 e. The van der Waals surface area contributed by atoms with Crippen LogP contribution < -0.4 is 5.19 Å². The molecule has 5 nitrogen and oxygen atoms in total. The van der Waals surface area contributed by atoms with E-state index in [2.05, 4.69) is 188 Å². The van der Waals surface area contributed by atoms with Crippen LogP contribution in [0.4, 0.5) is 0 Å². The summed E-state index contributed by atoms with van der Waals surface area (Å²) in [6.45, 7) is 23.2. The summed E-state index contributed by atoms with van der Waals surface area (Å²) < 4.78 is 8.89. The smallest absolute Gasteiger partial charge is 0.169 e. The first-order chi connectivity index (χ1) is 31.2. The summed E-state index contributed by atoms with van der Waals surface area (Å²) in [5.41, 5.74) is 14.2. The van der Waals surface area contributed by atoms with Crippen LogP contribution in [0.3, 0.4) is 0 Å². The van der Waals surface area contributed by atoms with E-state index in [0.717, 1.165) is 73.0 Å². The van der Waals surface area contributed by atoms with Crippen LogP contribution in [-0.2, 0) is 26.5 Å². The van der Waals surface area contributed by atoms with Crippen LogP contribution in [0.1, 0.15) is 77.0 Å². The average molecular weight is 1060 g/mol. The summed E-state index contributed by atoms with van der Waals surface area (Å²) in [7, 11) is -1.37. The molecular formula is C59H58IrN4OSi-2. The first kappa shape index (κ1) is 46.5. The Kier molecular flexibility index (Phi) is 13.2. The Hall–Kier alpha value is -5.98. The van der Waals surface area contributed by atoms with E-state index in [0.29, 0.717) is 5.65 Å². The van der Waals surface area contributed by atoms with Gasteiger partial charge in [0.05, 0.1) is 25.0 Å². The van der Waals surface area contributed by atoms with Gasteiger partial charge in [0.15, 0.2) is 5.65 Å². The molecule has 0 aliphatic rings. The van der Waals surface area contributed by atoms with Crippen molar-refractivity contribution in [2.75, 3.05) is 0 Å². The SMILES string of the molecule is CC(C)(C)Cc1cc(-c2[c-]cccc2)ncc1[Si](C)(C)C.CC(C)c1cc(-c2ccccc2)cc(C(C)C)c1-n1c(-c2[c-]ccc3c2oc2ccccc23)nc2ncc3ccccc3c21.[Ir]. The van der Waals surface area contributed by atoms with Crippen LogP contribution in [0.25, 0.3) is 83.3 Å². The first-order valence-corrected chi connectivity index (χ1v) is 26.4. The molecule has 0 unspecified atom stereocenters. The molecule has 0 N–H and O–H groups in total. The molecule has 7 heteroatoms. The molecule has 0 aliphatic heterocycles. The normalized spacial score (nSPS) is 12.0. The van der Waals surface area contributed by atoms with Crippen LogP contribution in [0.5, 0.6) is 0 Å². The molecule has 0 fully saturated rings. The third-order valence-corrected chi connectivity index (χ3v) is 14.3. The van der Waals surface area contributed by atoms with Crippen molar-refractivity contribution in [2.24, 2.45) is 5.41 Å². The van der Waals surface area contributed by atoms with Gasteiger partial charge in [-0.2, -0.15) is 0 Å². The van der Waals surface area contributed by atoms with E-state index in [1.165, 1.54) is 33.0 Å². The van der Waals surface area contributed by atoms with Gasteiger partial charge in [-0.3, -0.25) is 4.98 Å². The number of nitrogens with zero attached hydrogens (tertiary/aromatic N) is 4. The van der Waals surface area contributed by atoms with E-state index >= 15 is 0 Å².